The number of aliphatic hydroxyl groups excluding tert-OH is 1. The minimum atomic E-state index is -0.462. The molecule has 0 radical (unpaired) electrons. The fourth-order valence-electron chi connectivity index (χ4n) is 1.39. The maximum atomic E-state index is 9.43. The van der Waals surface area contributed by atoms with Gasteiger partial charge in [0.15, 0.2) is 11.5 Å². The van der Waals surface area contributed by atoms with E-state index in [1.165, 1.54) is 0 Å². The average Bonchev–Trinajstić information content (AvgIpc) is 2.28. The van der Waals surface area contributed by atoms with Crippen LogP contribution in [0.25, 0.3) is 6.08 Å². The van der Waals surface area contributed by atoms with Gasteiger partial charge in [-0.2, -0.15) is 0 Å². The van der Waals surface area contributed by atoms with Gasteiger partial charge in [0.05, 0.1) is 20.3 Å². The van der Waals surface area contributed by atoms with Crippen LogP contribution in [-0.2, 0) is 0 Å². The van der Waals surface area contributed by atoms with Gasteiger partial charge in [0.2, 0.25) is 0 Å². The fourth-order valence-corrected chi connectivity index (χ4v) is 1.39. The molecule has 0 bridgehead atoms. The standard InChI is InChI=1S/C13H18O3/c1-9(10(2)14)8-11-6-5-7-12(15-3)13(11)16-4/h5-8,10,14H,1-4H3/b9-8-. The van der Waals surface area contributed by atoms with Gasteiger partial charge in [0.25, 0.3) is 0 Å². The van der Waals surface area contributed by atoms with Crippen LogP contribution in [0.3, 0.4) is 0 Å². The smallest absolute Gasteiger partial charge is 0.167 e. The quantitative estimate of drug-likeness (QED) is 0.850. The maximum absolute atomic E-state index is 9.43. The molecule has 0 amide bonds. The van der Waals surface area contributed by atoms with Gasteiger partial charge in [0.1, 0.15) is 0 Å². The highest BCUT2D eigenvalue weighted by Crippen LogP contribution is 2.32. The zero-order valence-corrected chi connectivity index (χ0v) is 10.2. The van der Waals surface area contributed by atoms with Gasteiger partial charge in [-0.1, -0.05) is 12.1 Å². The van der Waals surface area contributed by atoms with E-state index >= 15 is 0 Å². The summed E-state index contributed by atoms with van der Waals surface area (Å²) in [7, 11) is 3.21. The molecular weight excluding hydrogens is 204 g/mol. The zero-order chi connectivity index (χ0) is 12.1. The van der Waals surface area contributed by atoms with Gasteiger partial charge in [-0.3, -0.25) is 0 Å². The third kappa shape index (κ3) is 2.76. The van der Waals surface area contributed by atoms with Crippen LogP contribution in [0.1, 0.15) is 19.4 Å². The number of para-hydroxylation sites is 1. The van der Waals surface area contributed by atoms with Crippen molar-refractivity contribution in [3.63, 3.8) is 0 Å². The molecule has 16 heavy (non-hydrogen) atoms. The third-order valence-corrected chi connectivity index (χ3v) is 2.48. The highest BCUT2D eigenvalue weighted by atomic mass is 16.5. The fraction of sp³-hybridized carbons (Fsp3) is 0.385. The summed E-state index contributed by atoms with van der Waals surface area (Å²) in [6, 6.07) is 5.66. The van der Waals surface area contributed by atoms with Crippen LogP contribution in [0.15, 0.2) is 23.8 Å². The first kappa shape index (κ1) is 12.6. The number of benzene rings is 1. The van der Waals surface area contributed by atoms with Gasteiger partial charge < -0.3 is 14.6 Å². The van der Waals surface area contributed by atoms with E-state index in [-0.39, 0.29) is 0 Å². The number of rotatable bonds is 4. The first-order chi connectivity index (χ1) is 7.60. The van der Waals surface area contributed by atoms with Gasteiger partial charge in [0, 0.05) is 5.56 Å². The molecule has 1 unspecified atom stereocenters. The first-order valence-corrected chi connectivity index (χ1v) is 5.17. The van der Waals surface area contributed by atoms with E-state index in [4.69, 9.17) is 9.47 Å². The molecule has 0 aromatic heterocycles. The molecule has 0 aliphatic rings. The highest BCUT2D eigenvalue weighted by molar-refractivity contribution is 5.64. The largest absolute Gasteiger partial charge is 0.493 e. The Morgan fingerprint density at radius 1 is 1.31 bits per heavy atom. The summed E-state index contributed by atoms with van der Waals surface area (Å²) in [4.78, 5) is 0. The molecule has 0 saturated heterocycles. The number of ether oxygens (including phenoxy) is 2. The molecule has 1 aromatic rings. The van der Waals surface area contributed by atoms with Crippen LogP contribution in [0, 0.1) is 0 Å². The van der Waals surface area contributed by atoms with E-state index in [9.17, 15) is 5.11 Å². The van der Waals surface area contributed by atoms with Crippen LogP contribution in [0.5, 0.6) is 11.5 Å². The molecule has 1 rings (SSSR count). The van der Waals surface area contributed by atoms with Crippen molar-refractivity contribution in [2.24, 2.45) is 0 Å². The van der Waals surface area contributed by atoms with E-state index in [1.807, 2.05) is 31.2 Å². The van der Waals surface area contributed by atoms with Crippen molar-refractivity contribution in [2.45, 2.75) is 20.0 Å². The molecular formula is C13H18O3. The van der Waals surface area contributed by atoms with Crippen molar-refractivity contribution >= 4 is 6.08 Å². The Labute approximate surface area is 96.3 Å². The Hall–Kier alpha value is -1.48. The molecule has 1 N–H and O–H groups in total. The summed E-state index contributed by atoms with van der Waals surface area (Å²) >= 11 is 0. The Morgan fingerprint density at radius 3 is 2.50 bits per heavy atom. The topological polar surface area (TPSA) is 38.7 Å². The molecule has 3 heteroatoms. The number of aliphatic hydroxyl groups is 1. The molecule has 0 aliphatic carbocycles. The van der Waals surface area contributed by atoms with Crippen molar-refractivity contribution in [3.05, 3.63) is 29.3 Å². The van der Waals surface area contributed by atoms with Gasteiger partial charge in [-0.25, -0.2) is 0 Å². The molecule has 0 heterocycles. The molecule has 88 valence electrons. The molecule has 0 fully saturated rings. The van der Waals surface area contributed by atoms with E-state index < -0.39 is 6.10 Å². The molecule has 1 atom stereocenters. The lowest BCUT2D eigenvalue weighted by Crippen LogP contribution is -2.01. The molecule has 3 nitrogen and oxygen atoms in total. The SMILES string of the molecule is COc1cccc(/C=C(/C)C(C)O)c1OC. The average molecular weight is 222 g/mol. The summed E-state index contributed by atoms with van der Waals surface area (Å²) < 4.78 is 10.5. The van der Waals surface area contributed by atoms with Gasteiger partial charge >= 0.3 is 0 Å². The van der Waals surface area contributed by atoms with Crippen LogP contribution in [0.4, 0.5) is 0 Å². The summed E-state index contributed by atoms with van der Waals surface area (Å²) in [5, 5.41) is 9.43. The second-order valence-electron chi connectivity index (χ2n) is 3.65. The van der Waals surface area contributed by atoms with E-state index in [0.717, 1.165) is 11.1 Å². The first-order valence-electron chi connectivity index (χ1n) is 5.17. The number of methoxy groups -OCH3 is 2. The van der Waals surface area contributed by atoms with Crippen LogP contribution < -0.4 is 9.47 Å². The van der Waals surface area contributed by atoms with Crippen molar-refractivity contribution in [3.8, 4) is 11.5 Å². The van der Waals surface area contributed by atoms with Gasteiger partial charge in [-0.05, 0) is 31.6 Å². The van der Waals surface area contributed by atoms with E-state index in [2.05, 4.69) is 0 Å². The maximum Gasteiger partial charge on any atom is 0.167 e. The number of hydrogen-bond acceptors (Lipinski definition) is 3. The predicted molar refractivity (Wildman–Crippen MR) is 64.9 cm³/mol. The monoisotopic (exact) mass is 222 g/mol. The normalized spacial score (nSPS) is 13.4. The summed E-state index contributed by atoms with van der Waals surface area (Å²) in [6.45, 7) is 3.61. The Bertz CT molecular complexity index is 381. The Balaban J connectivity index is 3.18. The van der Waals surface area contributed by atoms with E-state index in [1.54, 1.807) is 21.1 Å². The predicted octanol–water partition coefficient (Wildman–Crippen LogP) is 2.49. The summed E-state index contributed by atoms with van der Waals surface area (Å²) in [5.74, 6) is 1.37. The molecule has 1 aromatic carbocycles. The minimum absolute atomic E-state index is 0.462. The van der Waals surface area contributed by atoms with Crippen molar-refractivity contribution in [1.29, 1.82) is 0 Å². The summed E-state index contributed by atoms with van der Waals surface area (Å²) in [5.41, 5.74) is 1.78. The van der Waals surface area contributed by atoms with Crippen LogP contribution >= 0.6 is 0 Å². The molecule has 0 saturated carbocycles. The zero-order valence-electron chi connectivity index (χ0n) is 10.2. The molecule has 0 spiro atoms. The van der Waals surface area contributed by atoms with Crippen LogP contribution in [0.2, 0.25) is 0 Å². The third-order valence-electron chi connectivity index (χ3n) is 2.48. The second kappa shape index (κ2) is 5.56. The molecule has 0 aliphatic heterocycles. The van der Waals surface area contributed by atoms with Crippen molar-refractivity contribution < 1.29 is 14.6 Å². The van der Waals surface area contributed by atoms with Crippen molar-refractivity contribution in [2.75, 3.05) is 14.2 Å². The van der Waals surface area contributed by atoms with Crippen molar-refractivity contribution in [1.82, 2.24) is 0 Å². The second-order valence-corrected chi connectivity index (χ2v) is 3.65. The Kier molecular flexibility index (Phi) is 4.38. The lowest BCUT2D eigenvalue weighted by Gasteiger charge is -2.11. The highest BCUT2D eigenvalue weighted by Gasteiger charge is 2.08. The Morgan fingerprint density at radius 2 is 2.00 bits per heavy atom. The summed E-state index contributed by atoms with van der Waals surface area (Å²) in [6.07, 6.45) is 1.43. The van der Waals surface area contributed by atoms with Crippen LogP contribution in [-0.4, -0.2) is 25.4 Å². The minimum Gasteiger partial charge on any atom is -0.493 e. The lowest BCUT2D eigenvalue weighted by molar-refractivity contribution is 0.232. The van der Waals surface area contributed by atoms with E-state index in [0.29, 0.717) is 11.5 Å². The van der Waals surface area contributed by atoms with Gasteiger partial charge in [-0.15, -0.1) is 0 Å². The number of hydrogen-bond donors (Lipinski definition) is 1. The lowest BCUT2D eigenvalue weighted by atomic mass is 10.1.